The van der Waals surface area contributed by atoms with Crippen molar-refractivity contribution in [2.45, 2.75) is 32.0 Å². The summed E-state index contributed by atoms with van der Waals surface area (Å²) < 4.78 is 49.7. The fourth-order valence-corrected chi connectivity index (χ4v) is 3.25. The Balaban J connectivity index is 1.57. The summed E-state index contributed by atoms with van der Waals surface area (Å²) in [6.45, 7) is 1.17. The Kier molecular flexibility index (Phi) is 7.06. The number of halogens is 3. The second-order valence-corrected chi connectivity index (χ2v) is 7.54. The molecule has 33 heavy (non-hydrogen) atoms. The lowest BCUT2D eigenvalue weighted by atomic mass is 10.1. The smallest absolute Gasteiger partial charge is 0.418 e. The van der Waals surface area contributed by atoms with Crippen molar-refractivity contribution >= 4 is 34.6 Å². The number of amides is 1. The molecule has 0 radical (unpaired) electrons. The maximum absolute atomic E-state index is 13.2. The first kappa shape index (κ1) is 23.8. The van der Waals surface area contributed by atoms with Gasteiger partial charge in [-0.1, -0.05) is 11.2 Å². The van der Waals surface area contributed by atoms with Gasteiger partial charge in [0.25, 0.3) is 11.6 Å². The third-order valence-corrected chi connectivity index (χ3v) is 5.07. The van der Waals surface area contributed by atoms with E-state index in [9.17, 15) is 32.9 Å². The molecule has 174 valence electrons. The van der Waals surface area contributed by atoms with E-state index in [2.05, 4.69) is 10.1 Å². The monoisotopic (exact) mass is 484 g/mol. The third-order valence-electron chi connectivity index (χ3n) is 4.21. The molecule has 0 spiro atoms. The standard InChI is InChI=1S/C19H15F3N4O6S/c1-10(18(28)23-13-5-4-11(26(29)30)9-12(13)19(20,21)22)31-16(27)7-6-15-24-17(25-32-15)14-3-2-8-33-14/h2-5,8-10H,6-7H2,1H3,(H,23,28). The van der Waals surface area contributed by atoms with Crippen LogP contribution in [0.1, 0.15) is 24.8 Å². The van der Waals surface area contributed by atoms with Gasteiger partial charge in [0.1, 0.15) is 0 Å². The Morgan fingerprint density at radius 3 is 2.73 bits per heavy atom. The molecule has 0 bridgehead atoms. The van der Waals surface area contributed by atoms with Crippen molar-refractivity contribution in [3.63, 3.8) is 0 Å². The minimum Gasteiger partial charge on any atom is -0.453 e. The van der Waals surface area contributed by atoms with Gasteiger partial charge in [0.15, 0.2) is 6.10 Å². The minimum atomic E-state index is -4.96. The number of nitrogens with zero attached hydrogens (tertiary/aromatic N) is 3. The molecule has 1 amide bonds. The van der Waals surface area contributed by atoms with E-state index in [0.29, 0.717) is 11.9 Å². The highest BCUT2D eigenvalue weighted by Gasteiger charge is 2.36. The number of non-ortho nitro benzene ring substituents is 1. The molecule has 0 saturated carbocycles. The van der Waals surface area contributed by atoms with E-state index in [4.69, 9.17) is 9.26 Å². The summed E-state index contributed by atoms with van der Waals surface area (Å²) >= 11 is 1.41. The van der Waals surface area contributed by atoms with Gasteiger partial charge in [0.05, 0.1) is 27.5 Å². The lowest BCUT2D eigenvalue weighted by molar-refractivity contribution is -0.385. The van der Waals surface area contributed by atoms with Crippen LogP contribution in [0.15, 0.2) is 40.2 Å². The average Bonchev–Trinajstić information content (AvgIpc) is 3.43. The van der Waals surface area contributed by atoms with Crippen molar-refractivity contribution in [2.75, 3.05) is 5.32 Å². The summed E-state index contributed by atoms with van der Waals surface area (Å²) in [7, 11) is 0. The van der Waals surface area contributed by atoms with E-state index in [0.717, 1.165) is 17.0 Å². The van der Waals surface area contributed by atoms with Crippen LogP contribution in [-0.2, 0) is 26.9 Å². The number of esters is 1. The second-order valence-electron chi connectivity index (χ2n) is 6.60. The summed E-state index contributed by atoms with van der Waals surface area (Å²) in [5.74, 6) is -1.31. The topological polar surface area (TPSA) is 137 Å². The van der Waals surface area contributed by atoms with Gasteiger partial charge in [-0.15, -0.1) is 11.3 Å². The number of aromatic nitrogens is 2. The number of hydrogen-bond donors (Lipinski definition) is 1. The first-order chi connectivity index (χ1) is 15.5. The van der Waals surface area contributed by atoms with Gasteiger partial charge in [-0.3, -0.25) is 19.7 Å². The highest BCUT2D eigenvalue weighted by molar-refractivity contribution is 7.13. The fourth-order valence-electron chi connectivity index (χ4n) is 2.60. The van der Waals surface area contributed by atoms with Gasteiger partial charge in [0, 0.05) is 18.6 Å². The zero-order valence-electron chi connectivity index (χ0n) is 16.8. The number of rotatable bonds is 8. The largest absolute Gasteiger partial charge is 0.453 e. The molecule has 1 aromatic carbocycles. The molecular formula is C19H15F3N4O6S. The van der Waals surface area contributed by atoms with E-state index in [1.54, 1.807) is 6.07 Å². The van der Waals surface area contributed by atoms with Crippen LogP contribution in [0.5, 0.6) is 0 Å². The molecule has 1 N–H and O–H groups in total. The number of nitro benzene ring substituents is 1. The Bertz CT molecular complexity index is 1160. The third kappa shape index (κ3) is 6.12. The van der Waals surface area contributed by atoms with Crippen LogP contribution in [0, 0.1) is 10.1 Å². The maximum Gasteiger partial charge on any atom is 0.418 e. The van der Waals surface area contributed by atoms with Crippen molar-refractivity contribution in [1.82, 2.24) is 10.1 Å². The summed E-state index contributed by atoms with van der Waals surface area (Å²) in [6, 6.07) is 5.49. The van der Waals surface area contributed by atoms with Gasteiger partial charge in [-0.25, -0.2) is 0 Å². The summed E-state index contributed by atoms with van der Waals surface area (Å²) in [4.78, 5) is 38.9. The van der Waals surface area contributed by atoms with Gasteiger partial charge in [0.2, 0.25) is 11.7 Å². The van der Waals surface area contributed by atoms with Gasteiger partial charge in [-0.2, -0.15) is 18.2 Å². The van der Waals surface area contributed by atoms with Crippen molar-refractivity contribution < 1.29 is 36.9 Å². The number of carbonyl (C=O) groups is 2. The minimum absolute atomic E-state index is 0.0339. The predicted octanol–water partition coefficient (Wildman–Crippen LogP) is 4.23. The Labute approximate surface area is 187 Å². The lowest BCUT2D eigenvalue weighted by Gasteiger charge is -2.16. The lowest BCUT2D eigenvalue weighted by Crippen LogP contribution is -2.31. The van der Waals surface area contributed by atoms with E-state index >= 15 is 0 Å². The van der Waals surface area contributed by atoms with Crippen LogP contribution in [0.2, 0.25) is 0 Å². The molecule has 0 aliphatic carbocycles. The van der Waals surface area contributed by atoms with Crippen LogP contribution in [0.4, 0.5) is 24.5 Å². The van der Waals surface area contributed by atoms with Crippen molar-refractivity contribution in [3.8, 4) is 10.7 Å². The van der Waals surface area contributed by atoms with Crippen molar-refractivity contribution in [3.05, 3.63) is 57.3 Å². The zero-order valence-corrected chi connectivity index (χ0v) is 17.6. The molecule has 10 nitrogen and oxygen atoms in total. The van der Waals surface area contributed by atoms with Crippen LogP contribution < -0.4 is 5.32 Å². The zero-order chi connectivity index (χ0) is 24.2. The molecule has 2 heterocycles. The van der Waals surface area contributed by atoms with Crippen molar-refractivity contribution in [1.29, 1.82) is 0 Å². The number of ether oxygens (including phenoxy) is 1. The molecule has 0 aliphatic rings. The fraction of sp³-hybridized carbons (Fsp3) is 0.263. The molecule has 1 unspecified atom stereocenters. The number of anilines is 1. The molecule has 2 aromatic heterocycles. The molecule has 3 rings (SSSR count). The number of carbonyl (C=O) groups excluding carboxylic acids is 2. The van der Waals surface area contributed by atoms with E-state index < -0.39 is 46.0 Å². The van der Waals surface area contributed by atoms with E-state index in [1.807, 2.05) is 16.8 Å². The van der Waals surface area contributed by atoms with Gasteiger partial charge < -0.3 is 14.6 Å². The number of aryl methyl sites for hydroxylation is 1. The predicted molar refractivity (Wildman–Crippen MR) is 108 cm³/mol. The van der Waals surface area contributed by atoms with E-state index in [1.165, 1.54) is 18.3 Å². The molecule has 0 saturated heterocycles. The first-order valence-electron chi connectivity index (χ1n) is 9.27. The number of alkyl halides is 3. The summed E-state index contributed by atoms with van der Waals surface area (Å²) in [6.07, 6.45) is -6.57. The highest BCUT2D eigenvalue weighted by atomic mass is 32.1. The Morgan fingerprint density at radius 1 is 1.33 bits per heavy atom. The van der Waals surface area contributed by atoms with Crippen molar-refractivity contribution in [2.24, 2.45) is 0 Å². The molecule has 0 aliphatic heterocycles. The van der Waals surface area contributed by atoms with Crippen LogP contribution in [-0.4, -0.2) is 33.0 Å². The molecule has 14 heteroatoms. The Hall–Kier alpha value is -3.81. The highest BCUT2D eigenvalue weighted by Crippen LogP contribution is 2.37. The molecule has 3 aromatic rings. The number of thiophene rings is 1. The summed E-state index contributed by atoms with van der Waals surface area (Å²) in [5.41, 5.74) is -2.89. The molecule has 1 atom stereocenters. The number of nitrogens with one attached hydrogen (secondary N) is 1. The van der Waals surface area contributed by atoms with E-state index in [-0.39, 0.29) is 18.7 Å². The number of nitro groups is 1. The normalized spacial score (nSPS) is 12.2. The maximum atomic E-state index is 13.2. The second kappa shape index (κ2) is 9.77. The number of hydrogen-bond acceptors (Lipinski definition) is 9. The SMILES string of the molecule is CC(OC(=O)CCc1nc(-c2cccs2)no1)C(=O)Nc1ccc([N+](=O)[O-])cc1C(F)(F)F. The summed E-state index contributed by atoms with van der Waals surface area (Å²) in [5, 5.41) is 18.4. The quantitative estimate of drug-likeness (QED) is 0.285. The van der Waals surface area contributed by atoms with Crippen LogP contribution in [0.3, 0.4) is 0 Å². The number of benzene rings is 1. The van der Waals surface area contributed by atoms with Gasteiger partial charge in [-0.05, 0) is 24.4 Å². The Morgan fingerprint density at radius 2 is 2.09 bits per heavy atom. The van der Waals surface area contributed by atoms with Crippen LogP contribution in [0.25, 0.3) is 10.7 Å². The molecular weight excluding hydrogens is 469 g/mol. The van der Waals surface area contributed by atoms with Crippen LogP contribution >= 0.6 is 11.3 Å². The van der Waals surface area contributed by atoms with Gasteiger partial charge >= 0.3 is 12.1 Å². The molecule has 0 fully saturated rings. The first-order valence-corrected chi connectivity index (χ1v) is 10.1. The average molecular weight is 484 g/mol.